The van der Waals surface area contributed by atoms with Crippen LogP contribution in [-0.2, 0) is 13.0 Å². The molecule has 1 aromatic carbocycles. The molecule has 0 unspecified atom stereocenters. The average molecular weight is 146 g/mol. The Bertz CT molecular complexity index is 300. The largest absolute Gasteiger partial charge is 0.392 e. The molecule has 1 nitrogen and oxygen atoms in total. The first-order valence-electron chi connectivity index (χ1n) is 3.80. The van der Waals surface area contributed by atoms with Gasteiger partial charge in [0.05, 0.1) is 6.61 Å². The van der Waals surface area contributed by atoms with E-state index in [2.05, 4.69) is 18.2 Å². The molecule has 0 bridgehead atoms. The summed E-state index contributed by atoms with van der Waals surface area (Å²) >= 11 is 0. The lowest BCUT2D eigenvalue weighted by molar-refractivity contribution is 0.281. The lowest BCUT2D eigenvalue weighted by Crippen LogP contribution is -1.91. The highest BCUT2D eigenvalue weighted by atomic mass is 16.3. The molecule has 1 aliphatic rings. The second kappa shape index (κ2) is 2.51. The van der Waals surface area contributed by atoms with E-state index in [-0.39, 0.29) is 6.61 Å². The zero-order chi connectivity index (χ0) is 7.68. The van der Waals surface area contributed by atoms with Gasteiger partial charge in [-0.05, 0) is 23.1 Å². The predicted octanol–water partition coefficient (Wildman–Crippen LogP) is 1.75. The van der Waals surface area contributed by atoms with Crippen molar-refractivity contribution in [1.82, 2.24) is 0 Å². The Hall–Kier alpha value is -1.08. The number of benzene rings is 1. The predicted molar refractivity (Wildman–Crippen MR) is 45.1 cm³/mol. The summed E-state index contributed by atoms with van der Waals surface area (Å²) in [6.45, 7) is 0.158. The summed E-state index contributed by atoms with van der Waals surface area (Å²) in [7, 11) is 0. The van der Waals surface area contributed by atoms with Gasteiger partial charge in [-0.1, -0.05) is 30.4 Å². The Morgan fingerprint density at radius 3 is 3.09 bits per heavy atom. The summed E-state index contributed by atoms with van der Waals surface area (Å²) in [5.41, 5.74) is 3.61. The minimum absolute atomic E-state index is 0.158. The second-order valence-electron chi connectivity index (χ2n) is 2.75. The first-order valence-corrected chi connectivity index (χ1v) is 3.80. The van der Waals surface area contributed by atoms with Crippen molar-refractivity contribution in [3.05, 3.63) is 41.0 Å². The van der Waals surface area contributed by atoms with E-state index in [0.717, 1.165) is 12.0 Å². The van der Waals surface area contributed by atoms with Gasteiger partial charge in [-0.3, -0.25) is 0 Å². The van der Waals surface area contributed by atoms with Gasteiger partial charge in [-0.25, -0.2) is 0 Å². The molecular formula is C10H10O. The molecule has 1 aromatic rings. The van der Waals surface area contributed by atoms with Crippen LogP contribution in [0.2, 0.25) is 0 Å². The zero-order valence-corrected chi connectivity index (χ0v) is 6.25. The first kappa shape index (κ1) is 6.62. The number of aliphatic hydroxyl groups is 1. The monoisotopic (exact) mass is 146 g/mol. The third-order valence-electron chi connectivity index (χ3n) is 2.10. The zero-order valence-electron chi connectivity index (χ0n) is 6.25. The third kappa shape index (κ3) is 0.976. The first-order chi connectivity index (χ1) is 5.42. The summed E-state index contributed by atoms with van der Waals surface area (Å²) in [6, 6.07) is 6.05. The van der Waals surface area contributed by atoms with E-state index < -0.39 is 0 Å². The standard InChI is InChI=1S/C10H10O/c11-7-9-5-1-3-8-4-2-6-10(8)9/h1-5,11H,6-7H2. The molecule has 2 rings (SSSR count). The average Bonchev–Trinajstić information content (AvgIpc) is 2.50. The minimum Gasteiger partial charge on any atom is -0.392 e. The molecule has 0 saturated heterocycles. The molecule has 0 atom stereocenters. The van der Waals surface area contributed by atoms with E-state index in [1.807, 2.05) is 12.1 Å². The maximum absolute atomic E-state index is 8.97. The summed E-state index contributed by atoms with van der Waals surface area (Å²) < 4.78 is 0. The third-order valence-corrected chi connectivity index (χ3v) is 2.10. The van der Waals surface area contributed by atoms with E-state index in [0.29, 0.717) is 0 Å². The molecular weight excluding hydrogens is 136 g/mol. The number of fused-ring (bicyclic) bond motifs is 1. The molecule has 0 amide bonds. The Kier molecular flexibility index (Phi) is 1.51. The molecule has 1 N–H and O–H groups in total. The van der Waals surface area contributed by atoms with E-state index in [1.165, 1.54) is 11.1 Å². The Morgan fingerprint density at radius 2 is 2.27 bits per heavy atom. The molecule has 0 aliphatic heterocycles. The van der Waals surface area contributed by atoms with Crippen molar-refractivity contribution in [1.29, 1.82) is 0 Å². The fraction of sp³-hybridized carbons (Fsp3) is 0.200. The Balaban J connectivity index is 2.55. The van der Waals surface area contributed by atoms with Gasteiger partial charge in [-0.15, -0.1) is 0 Å². The van der Waals surface area contributed by atoms with Gasteiger partial charge in [0, 0.05) is 0 Å². The Morgan fingerprint density at radius 1 is 1.36 bits per heavy atom. The molecule has 0 heterocycles. The number of allylic oxidation sites excluding steroid dienone is 1. The van der Waals surface area contributed by atoms with Crippen LogP contribution in [0.5, 0.6) is 0 Å². The Labute approximate surface area is 66.0 Å². The minimum atomic E-state index is 0.158. The van der Waals surface area contributed by atoms with Crippen LogP contribution in [0.4, 0.5) is 0 Å². The molecule has 0 fully saturated rings. The molecule has 0 saturated carbocycles. The van der Waals surface area contributed by atoms with Crippen molar-refractivity contribution < 1.29 is 5.11 Å². The molecule has 0 radical (unpaired) electrons. The summed E-state index contributed by atoms with van der Waals surface area (Å²) in [4.78, 5) is 0. The fourth-order valence-corrected chi connectivity index (χ4v) is 1.51. The molecule has 0 spiro atoms. The van der Waals surface area contributed by atoms with Crippen LogP contribution >= 0.6 is 0 Å². The van der Waals surface area contributed by atoms with Crippen molar-refractivity contribution in [2.24, 2.45) is 0 Å². The van der Waals surface area contributed by atoms with Crippen molar-refractivity contribution in [2.75, 3.05) is 0 Å². The number of hydrogen-bond acceptors (Lipinski definition) is 1. The summed E-state index contributed by atoms with van der Waals surface area (Å²) in [5, 5.41) is 8.97. The number of aliphatic hydroxyl groups excluding tert-OH is 1. The summed E-state index contributed by atoms with van der Waals surface area (Å²) in [5.74, 6) is 0. The molecule has 0 aromatic heterocycles. The topological polar surface area (TPSA) is 20.2 Å². The van der Waals surface area contributed by atoms with E-state index >= 15 is 0 Å². The van der Waals surface area contributed by atoms with Crippen LogP contribution in [0.3, 0.4) is 0 Å². The number of rotatable bonds is 1. The van der Waals surface area contributed by atoms with Crippen LogP contribution in [0.15, 0.2) is 24.3 Å². The van der Waals surface area contributed by atoms with Crippen molar-refractivity contribution >= 4 is 6.08 Å². The SMILES string of the molecule is OCc1cccc2c1CC=C2. The summed E-state index contributed by atoms with van der Waals surface area (Å²) in [6.07, 6.45) is 5.21. The molecule has 1 heteroatoms. The highest BCUT2D eigenvalue weighted by Gasteiger charge is 2.07. The van der Waals surface area contributed by atoms with Gasteiger partial charge in [0.25, 0.3) is 0 Å². The van der Waals surface area contributed by atoms with E-state index in [4.69, 9.17) is 5.11 Å². The molecule has 1 aliphatic carbocycles. The maximum atomic E-state index is 8.97. The fourth-order valence-electron chi connectivity index (χ4n) is 1.51. The lowest BCUT2D eigenvalue weighted by Gasteiger charge is -2.03. The number of hydrogen-bond donors (Lipinski definition) is 1. The van der Waals surface area contributed by atoms with Gasteiger partial charge in [0.1, 0.15) is 0 Å². The van der Waals surface area contributed by atoms with Gasteiger partial charge < -0.3 is 5.11 Å². The van der Waals surface area contributed by atoms with Crippen molar-refractivity contribution in [3.8, 4) is 0 Å². The van der Waals surface area contributed by atoms with Crippen molar-refractivity contribution in [2.45, 2.75) is 13.0 Å². The lowest BCUT2D eigenvalue weighted by atomic mass is 10.0. The van der Waals surface area contributed by atoms with Crippen LogP contribution in [0, 0.1) is 0 Å². The van der Waals surface area contributed by atoms with Crippen molar-refractivity contribution in [3.63, 3.8) is 0 Å². The van der Waals surface area contributed by atoms with Gasteiger partial charge in [0.2, 0.25) is 0 Å². The van der Waals surface area contributed by atoms with Gasteiger partial charge in [-0.2, -0.15) is 0 Å². The molecule has 56 valence electrons. The van der Waals surface area contributed by atoms with Crippen LogP contribution in [0.25, 0.3) is 6.08 Å². The smallest absolute Gasteiger partial charge is 0.0684 e. The van der Waals surface area contributed by atoms with Crippen LogP contribution < -0.4 is 0 Å². The van der Waals surface area contributed by atoms with E-state index in [1.54, 1.807) is 0 Å². The normalized spacial score (nSPS) is 13.5. The van der Waals surface area contributed by atoms with Gasteiger partial charge >= 0.3 is 0 Å². The highest BCUT2D eigenvalue weighted by Crippen LogP contribution is 2.22. The van der Waals surface area contributed by atoms with Crippen LogP contribution in [0.1, 0.15) is 16.7 Å². The van der Waals surface area contributed by atoms with E-state index in [9.17, 15) is 0 Å². The maximum Gasteiger partial charge on any atom is 0.0684 e. The second-order valence-corrected chi connectivity index (χ2v) is 2.75. The highest BCUT2D eigenvalue weighted by molar-refractivity contribution is 5.61. The molecule has 11 heavy (non-hydrogen) atoms. The quantitative estimate of drug-likeness (QED) is 0.640. The van der Waals surface area contributed by atoms with Crippen LogP contribution in [-0.4, -0.2) is 5.11 Å². The van der Waals surface area contributed by atoms with Gasteiger partial charge in [0.15, 0.2) is 0 Å².